The van der Waals surface area contributed by atoms with Crippen LogP contribution in [0.4, 0.5) is 0 Å². The molecule has 1 aliphatic rings. The summed E-state index contributed by atoms with van der Waals surface area (Å²) in [5, 5.41) is 0.987. The number of hydrogen-bond acceptors (Lipinski definition) is 3. The number of carbonyl (C=O) groups is 1. The van der Waals surface area contributed by atoms with Crippen molar-refractivity contribution in [2.45, 2.75) is 6.42 Å². The third-order valence-corrected chi connectivity index (χ3v) is 3.52. The molecule has 0 bridgehead atoms. The zero-order valence-electron chi connectivity index (χ0n) is 10.4. The van der Waals surface area contributed by atoms with E-state index < -0.39 is 0 Å². The summed E-state index contributed by atoms with van der Waals surface area (Å²) >= 11 is 3.46. The topological polar surface area (TPSA) is 36.4 Å². The predicted octanol–water partition coefficient (Wildman–Crippen LogP) is 1.62. The van der Waals surface area contributed by atoms with E-state index in [0.29, 0.717) is 5.69 Å². The van der Waals surface area contributed by atoms with Gasteiger partial charge in [-0.25, -0.2) is 0 Å². The van der Waals surface area contributed by atoms with Crippen LogP contribution in [0.15, 0.2) is 24.4 Å². The molecule has 5 heteroatoms. The van der Waals surface area contributed by atoms with Crippen LogP contribution in [-0.2, 0) is 0 Å². The van der Waals surface area contributed by atoms with Crippen LogP contribution in [0.25, 0.3) is 0 Å². The molecule has 1 aromatic rings. The molecule has 1 saturated heterocycles. The molecule has 0 radical (unpaired) electrons. The summed E-state index contributed by atoms with van der Waals surface area (Å²) in [4.78, 5) is 20.7. The zero-order valence-corrected chi connectivity index (χ0v) is 12.0. The van der Waals surface area contributed by atoms with E-state index in [4.69, 9.17) is 0 Å². The molecule has 0 aromatic carbocycles. The monoisotopic (exact) mass is 311 g/mol. The SMILES string of the molecule is O=C(c1ccccn1)N1CCCN(CCBr)CC1. The van der Waals surface area contributed by atoms with Crippen LogP contribution in [0.2, 0.25) is 0 Å². The lowest BCUT2D eigenvalue weighted by Gasteiger charge is -2.21. The highest BCUT2D eigenvalue weighted by Gasteiger charge is 2.20. The summed E-state index contributed by atoms with van der Waals surface area (Å²) in [6.45, 7) is 4.68. The number of pyridine rings is 1. The van der Waals surface area contributed by atoms with Gasteiger partial charge in [0.1, 0.15) is 5.69 Å². The van der Waals surface area contributed by atoms with Crippen molar-refractivity contribution in [1.82, 2.24) is 14.8 Å². The summed E-state index contributed by atoms with van der Waals surface area (Å²) in [5.74, 6) is 0.0521. The Morgan fingerprint density at radius 2 is 2.17 bits per heavy atom. The van der Waals surface area contributed by atoms with Crippen LogP contribution in [0.1, 0.15) is 16.9 Å². The smallest absolute Gasteiger partial charge is 0.272 e. The molecular formula is C13H18BrN3O. The second-order valence-corrected chi connectivity index (χ2v) is 5.18. The molecule has 4 nitrogen and oxygen atoms in total. The van der Waals surface area contributed by atoms with Crippen molar-refractivity contribution in [2.75, 3.05) is 38.1 Å². The van der Waals surface area contributed by atoms with Gasteiger partial charge in [0.25, 0.3) is 5.91 Å². The third kappa shape index (κ3) is 3.53. The summed E-state index contributed by atoms with van der Waals surface area (Å²) in [6, 6.07) is 5.47. The molecule has 1 fully saturated rings. The first kappa shape index (κ1) is 13.5. The fourth-order valence-electron chi connectivity index (χ4n) is 2.17. The molecule has 1 amide bonds. The molecule has 0 unspecified atom stereocenters. The molecule has 1 aromatic heterocycles. The predicted molar refractivity (Wildman–Crippen MR) is 75.0 cm³/mol. The average molecular weight is 312 g/mol. The normalized spacial score (nSPS) is 17.5. The van der Waals surface area contributed by atoms with E-state index in [1.165, 1.54) is 0 Å². The van der Waals surface area contributed by atoms with Crippen LogP contribution < -0.4 is 0 Å². The molecule has 2 rings (SSSR count). The van der Waals surface area contributed by atoms with Gasteiger partial charge >= 0.3 is 0 Å². The maximum atomic E-state index is 12.3. The minimum Gasteiger partial charge on any atom is -0.336 e. The van der Waals surface area contributed by atoms with Crippen molar-refractivity contribution < 1.29 is 4.79 Å². The molecule has 0 saturated carbocycles. The first-order chi connectivity index (χ1) is 8.81. The quantitative estimate of drug-likeness (QED) is 0.796. The van der Waals surface area contributed by atoms with E-state index in [2.05, 4.69) is 25.8 Å². The fourth-order valence-corrected chi connectivity index (χ4v) is 2.67. The first-order valence-electron chi connectivity index (χ1n) is 6.30. The van der Waals surface area contributed by atoms with Crippen molar-refractivity contribution in [1.29, 1.82) is 0 Å². The van der Waals surface area contributed by atoms with Gasteiger partial charge in [0, 0.05) is 37.7 Å². The Hall–Kier alpha value is -0.940. The number of carbonyl (C=O) groups excluding carboxylic acids is 1. The molecule has 18 heavy (non-hydrogen) atoms. The highest BCUT2D eigenvalue weighted by atomic mass is 79.9. The molecular weight excluding hydrogens is 294 g/mol. The lowest BCUT2D eigenvalue weighted by atomic mass is 10.3. The minimum atomic E-state index is 0.0521. The number of rotatable bonds is 3. The van der Waals surface area contributed by atoms with Crippen molar-refractivity contribution in [3.05, 3.63) is 30.1 Å². The number of hydrogen-bond donors (Lipinski definition) is 0. The second kappa shape index (κ2) is 6.85. The van der Waals surface area contributed by atoms with Crippen LogP contribution in [0.3, 0.4) is 0 Å². The standard InChI is InChI=1S/C13H18BrN3O/c14-5-9-16-7-3-8-17(11-10-16)13(18)12-4-1-2-6-15-12/h1-2,4,6H,3,5,7-11H2. The molecule has 0 atom stereocenters. The maximum absolute atomic E-state index is 12.3. The lowest BCUT2D eigenvalue weighted by molar-refractivity contribution is 0.0756. The summed E-state index contributed by atoms with van der Waals surface area (Å²) in [6.07, 6.45) is 2.70. The number of nitrogens with zero attached hydrogens (tertiary/aromatic N) is 3. The van der Waals surface area contributed by atoms with E-state index in [1.807, 2.05) is 17.0 Å². The first-order valence-corrected chi connectivity index (χ1v) is 7.42. The van der Waals surface area contributed by atoms with E-state index in [1.54, 1.807) is 12.3 Å². The van der Waals surface area contributed by atoms with E-state index in [0.717, 1.165) is 44.5 Å². The molecule has 0 N–H and O–H groups in total. The van der Waals surface area contributed by atoms with Crippen LogP contribution in [-0.4, -0.2) is 58.7 Å². The van der Waals surface area contributed by atoms with Gasteiger partial charge in [-0.1, -0.05) is 22.0 Å². The van der Waals surface area contributed by atoms with Gasteiger partial charge in [-0.05, 0) is 25.1 Å². The van der Waals surface area contributed by atoms with Gasteiger partial charge in [-0.15, -0.1) is 0 Å². The summed E-state index contributed by atoms with van der Waals surface area (Å²) < 4.78 is 0. The van der Waals surface area contributed by atoms with Crippen molar-refractivity contribution in [3.63, 3.8) is 0 Å². The molecule has 2 heterocycles. The Bertz CT molecular complexity index is 385. The maximum Gasteiger partial charge on any atom is 0.272 e. The van der Waals surface area contributed by atoms with Gasteiger partial charge in [0.2, 0.25) is 0 Å². The Balaban J connectivity index is 1.96. The number of aromatic nitrogens is 1. The van der Waals surface area contributed by atoms with Gasteiger partial charge in [0.05, 0.1) is 0 Å². The largest absolute Gasteiger partial charge is 0.336 e. The third-order valence-electron chi connectivity index (χ3n) is 3.16. The fraction of sp³-hybridized carbons (Fsp3) is 0.538. The minimum absolute atomic E-state index is 0.0521. The second-order valence-electron chi connectivity index (χ2n) is 4.39. The zero-order chi connectivity index (χ0) is 12.8. The Morgan fingerprint density at radius 1 is 1.28 bits per heavy atom. The number of alkyl halides is 1. The Kier molecular flexibility index (Phi) is 5.13. The van der Waals surface area contributed by atoms with Gasteiger partial charge in [0.15, 0.2) is 0 Å². The Morgan fingerprint density at radius 3 is 2.89 bits per heavy atom. The number of halogens is 1. The molecule has 98 valence electrons. The van der Waals surface area contributed by atoms with Crippen LogP contribution >= 0.6 is 15.9 Å². The average Bonchev–Trinajstić information content (AvgIpc) is 2.65. The molecule has 1 aliphatic heterocycles. The van der Waals surface area contributed by atoms with E-state index in [-0.39, 0.29) is 5.91 Å². The van der Waals surface area contributed by atoms with Gasteiger partial charge < -0.3 is 9.80 Å². The van der Waals surface area contributed by atoms with Crippen molar-refractivity contribution in [3.8, 4) is 0 Å². The van der Waals surface area contributed by atoms with Crippen LogP contribution in [0.5, 0.6) is 0 Å². The Labute approximate surface area is 116 Å². The van der Waals surface area contributed by atoms with Crippen molar-refractivity contribution >= 4 is 21.8 Å². The molecule has 0 spiro atoms. The van der Waals surface area contributed by atoms with Gasteiger partial charge in [-0.2, -0.15) is 0 Å². The molecule has 0 aliphatic carbocycles. The van der Waals surface area contributed by atoms with Gasteiger partial charge in [-0.3, -0.25) is 9.78 Å². The van der Waals surface area contributed by atoms with E-state index >= 15 is 0 Å². The van der Waals surface area contributed by atoms with Crippen LogP contribution in [0, 0.1) is 0 Å². The summed E-state index contributed by atoms with van der Waals surface area (Å²) in [7, 11) is 0. The highest BCUT2D eigenvalue weighted by Crippen LogP contribution is 2.07. The lowest BCUT2D eigenvalue weighted by Crippen LogP contribution is -2.36. The number of amides is 1. The highest BCUT2D eigenvalue weighted by molar-refractivity contribution is 9.09. The van der Waals surface area contributed by atoms with Crippen molar-refractivity contribution in [2.24, 2.45) is 0 Å². The van der Waals surface area contributed by atoms with E-state index in [9.17, 15) is 4.79 Å². The summed E-state index contributed by atoms with van der Waals surface area (Å²) in [5.41, 5.74) is 0.548.